The molecule has 0 spiro atoms. The second-order valence-corrected chi connectivity index (χ2v) is 6.66. The number of hydrogen-bond donors (Lipinski definition) is 1. The number of nitrogens with zero attached hydrogens (tertiary/aromatic N) is 1. The molecule has 23 heavy (non-hydrogen) atoms. The van der Waals surface area contributed by atoms with E-state index in [0.717, 1.165) is 43.8 Å². The predicted octanol–water partition coefficient (Wildman–Crippen LogP) is 3.48. The fraction of sp³-hybridized carbons (Fsp3) is 0.526. The number of carbonyl (C=O) groups is 1. The molecule has 1 aromatic carbocycles. The van der Waals surface area contributed by atoms with Crippen molar-refractivity contribution in [3.63, 3.8) is 0 Å². The van der Waals surface area contributed by atoms with Gasteiger partial charge in [0.15, 0.2) is 0 Å². The van der Waals surface area contributed by atoms with Crippen LogP contribution in [0.2, 0.25) is 0 Å². The normalized spacial score (nSPS) is 21.8. The molecule has 1 aliphatic rings. The number of benzene rings is 1. The summed E-state index contributed by atoms with van der Waals surface area (Å²) < 4.78 is 5.92. The van der Waals surface area contributed by atoms with E-state index < -0.39 is 0 Å². The molecule has 1 fully saturated rings. The van der Waals surface area contributed by atoms with E-state index in [9.17, 15) is 4.79 Å². The number of fused-ring (bicyclic) bond motifs is 1. The highest BCUT2D eigenvalue weighted by atomic mass is 16.3. The van der Waals surface area contributed by atoms with Crippen LogP contribution in [0.5, 0.6) is 0 Å². The van der Waals surface area contributed by atoms with Crippen molar-refractivity contribution in [3.8, 4) is 0 Å². The zero-order valence-electron chi connectivity index (χ0n) is 14.3. The lowest BCUT2D eigenvalue weighted by Crippen LogP contribution is -2.50. The molecule has 2 aromatic rings. The molecule has 0 radical (unpaired) electrons. The van der Waals surface area contributed by atoms with Crippen molar-refractivity contribution in [2.24, 2.45) is 5.92 Å². The molecule has 1 saturated heterocycles. The van der Waals surface area contributed by atoms with Crippen LogP contribution in [0.1, 0.15) is 38.0 Å². The zero-order valence-corrected chi connectivity index (χ0v) is 14.3. The van der Waals surface area contributed by atoms with Crippen LogP contribution in [0.4, 0.5) is 0 Å². The van der Waals surface area contributed by atoms with Crippen molar-refractivity contribution in [2.75, 3.05) is 13.1 Å². The Hall–Kier alpha value is -1.81. The highest BCUT2D eigenvalue weighted by molar-refractivity contribution is 5.78. The van der Waals surface area contributed by atoms with E-state index >= 15 is 0 Å². The number of furan rings is 1. The molecule has 1 aliphatic heterocycles. The first-order valence-corrected chi connectivity index (χ1v) is 8.54. The highest BCUT2D eigenvalue weighted by Crippen LogP contribution is 2.23. The summed E-state index contributed by atoms with van der Waals surface area (Å²) in [7, 11) is 0. The van der Waals surface area contributed by atoms with Gasteiger partial charge in [-0.1, -0.05) is 25.0 Å². The molecule has 3 rings (SSSR count). The molecule has 124 valence electrons. The van der Waals surface area contributed by atoms with Gasteiger partial charge in [0.1, 0.15) is 11.3 Å². The molecule has 0 aliphatic carbocycles. The maximum atomic E-state index is 11.6. The molecule has 0 unspecified atom stereocenters. The molecule has 0 saturated carbocycles. The SMILES string of the molecule is CC[C@H]1CN(C(C)=O)CC[C@@H]1NCc1cc2cc(C)ccc2o1. The molecule has 0 bridgehead atoms. The van der Waals surface area contributed by atoms with Crippen LogP contribution in [-0.4, -0.2) is 29.9 Å². The number of piperidine rings is 1. The Morgan fingerprint density at radius 2 is 2.22 bits per heavy atom. The molecule has 1 amide bonds. The van der Waals surface area contributed by atoms with E-state index in [2.05, 4.69) is 37.4 Å². The van der Waals surface area contributed by atoms with Gasteiger partial charge in [0.05, 0.1) is 6.54 Å². The molecule has 1 N–H and O–H groups in total. The van der Waals surface area contributed by atoms with Gasteiger partial charge in [0, 0.05) is 31.4 Å². The molecule has 4 nitrogen and oxygen atoms in total. The van der Waals surface area contributed by atoms with Gasteiger partial charge in [-0.15, -0.1) is 0 Å². The van der Waals surface area contributed by atoms with Crippen LogP contribution in [0.3, 0.4) is 0 Å². The fourth-order valence-electron chi connectivity index (χ4n) is 3.54. The predicted molar refractivity (Wildman–Crippen MR) is 92.2 cm³/mol. The fourth-order valence-corrected chi connectivity index (χ4v) is 3.54. The number of hydrogen-bond acceptors (Lipinski definition) is 3. The Morgan fingerprint density at radius 3 is 2.96 bits per heavy atom. The number of nitrogens with one attached hydrogen (secondary N) is 1. The molecular weight excluding hydrogens is 288 g/mol. The Morgan fingerprint density at radius 1 is 1.39 bits per heavy atom. The standard InChI is InChI=1S/C19H26N2O2/c1-4-15-12-21(14(3)22)8-7-18(15)20-11-17-10-16-9-13(2)5-6-19(16)23-17/h5-6,9-10,15,18,20H,4,7-8,11-12H2,1-3H3/t15-,18-/m0/s1. The smallest absolute Gasteiger partial charge is 0.219 e. The molecule has 2 atom stereocenters. The lowest BCUT2D eigenvalue weighted by Gasteiger charge is -2.38. The summed E-state index contributed by atoms with van der Waals surface area (Å²) in [6.45, 7) is 8.42. The summed E-state index contributed by atoms with van der Waals surface area (Å²) in [4.78, 5) is 13.5. The number of rotatable bonds is 4. The van der Waals surface area contributed by atoms with Crippen LogP contribution < -0.4 is 5.32 Å². The summed E-state index contributed by atoms with van der Waals surface area (Å²) in [6.07, 6.45) is 2.10. The van der Waals surface area contributed by atoms with Gasteiger partial charge in [-0.25, -0.2) is 0 Å². The third-order valence-corrected chi connectivity index (χ3v) is 4.96. The lowest BCUT2D eigenvalue weighted by atomic mass is 9.90. The lowest BCUT2D eigenvalue weighted by molar-refractivity contribution is -0.131. The van der Waals surface area contributed by atoms with Crippen molar-refractivity contribution in [2.45, 2.75) is 46.2 Å². The van der Waals surface area contributed by atoms with Gasteiger partial charge in [-0.2, -0.15) is 0 Å². The molecule has 2 heterocycles. The minimum absolute atomic E-state index is 0.189. The van der Waals surface area contributed by atoms with Crippen LogP contribution in [-0.2, 0) is 11.3 Å². The van der Waals surface area contributed by atoms with Gasteiger partial charge in [-0.3, -0.25) is 4.79 Å². The summed E-state index contributed by atoms with van der Waals surface area (Å²) >= 11 is 0. The van der Waals surface area contributed by atoms with Crippen molar-refractivity contribution in [1.82, 2.24) is 10.2 Å². The zero-order chi connectivity index (χ0) is 16.4. The maximum absolute atomic E-state index is 11.6. The Labute approximate surface area is 137 Å². The summed E-state index contributed by atoms with van der Waals surface area (Å²) in [6, 6.07) is 8.84. The van der Waals surface area contributed by atoms with Crippen molar-refractivity contribution >= 4 is 16.9 Å². The van der Waals surface area contributed by atoms with Gasteiger partial charge in [0.2, 0.25) is 5.91 Å². The third kappa shape index (κ3) is 3.58. The summed E-state index contributed by atoms with van der Waals surface area (Å²) in [5.74, 6) is 1.68. The number of amides is 1. The Balaban J connectivity index is 1.63. The van der Waals surface area contributed by atoms with Crippen molar-refractivity contribution in [3.05, 3.63) is 35.6 Å². The van der Waals surface area contributed by atoms with Crippen molar-refractivity contribution in [1.29, 1.82) is 0 Å². The van der Waals surface area contributed by atoms with E-state index in [4.69, 9.17) is 4.42 Å². The first kappa shape index (κ1) is 16.1. The van der Waals surface area contributed by atoms with Crippen molar-refractivity contribution < 1.29 is 9.21 Å². The third-order valence-electron chi connectivity index (χ3n) is 4.96. The second-order valence-electron chi connectivity index (χ2n) is 6.66. The Kier molecular flexibility index (Phi) is 4.71. The number of likely N-dealkylation sites (tertiary alicyclic amines) is 1. The first-order chi connectivity index (χ1) is 11.1. The first-order valence-electron chi connectivity index (χ1n) is 8.54. The highest BCUT2D eigenvalue weighted by Gasteiger charge is 2.28. The molecular formula is C19H26N2O2. The van der Waals surface area contributed by atoms with Crippen LogP contribution >= 0.6 is 0 Å². The number of carbonyl (C=O) groups excluding carboxylic acids is 1. The van der Waals surface area contributed by atoms with Crippen LogP contribution in [0.25, 0.3) is 11.0 Å². The topological polar surface area (TPSA) is 45.5 Å². The number of aryl methyl sites for hydroxylation is 1. The van der Waals surface area contributed by atoms with E-state index in [1.807, 2.05) is 11.0 Å². The largest absolute Gasteiger partial charge is 0.460 e. The van der Waals surface area contributed by atoms with Gasteiger partial charge in [0.25, 0.3) is 0 Å². The van der Waals surface area contributed by atoms with Gasteiger partial charge >= 0.3 is 0 Å². The molecule has 4 heteroatoms. The van der Waals surface area contributed by atoms with Gasteiger partial charge < -0.3 is 14.6 Å². The van der Waals surface area contributed by atoms with Gasteiger partial charge in [-0.05, 0) is 37.5 Å². The van der Waals surface area contributed by atoms with E-state index in [1.165, 1.54) is 10.9 Å². The summed E-state index contributed by atoms with van der Waals surface area (Å²) in [5.41, 5.74) is 2.20. The second kappa shape index (κ2) is 6.75. The monoisotopic (exact) mass is 314 g/mol. The van der Waals surface area contributed by atoms with Crippen LogP contribution in [0, 0.1) is 12.8 Å². The Bertz CT molecular complexity index is 692. The summed E-state index contributed by atoms with van der Waals surface area (Å²) in [5, 5.41) is 4.81. The minimum Gasteiger partial charge on any atom is -0.460 e. The average molecular weight is 314 g/mol. The van der Waals surface area contributed by atoms with E-state index in [-0.39, 0.29) is 5.91 Å². The maximum Gasteiger partial charge on any atom is 0.219 e. The quantitative estimate of drug-likeness (QED) is 0.940. The average Bonchev–Trinajstić information content (AvgIpc) is 2.94. The van der Waals surface area contributed by atoms with E-state index in [0.29, 0.717) is 12.0 Å². The minimum atomic E-state index is 0.189. The molecule has 1 aromatic heterocycles. The van der Waals surface area contributed by atoms with Crippen LogP contribution in [0.15, 0.2) is 28.7 Å². The van der Waals surface area contributed by atoms with E-state index in [1.54, 1.807) is 6.92 Å².